The average Bonchev–Trinajstić information content (AvgIpc) is 2.72. The number of rotatable bonds is 2. The lowest BCUT2D eigenvalue weighted by atomic mass is 10.1. The Labute approximate surface area is 109 Å². The molecule has 0 radical (unpaired) electrons. The first-order valence-electron chi connectivity index (χ1n) is 4.87. The summed E-state index contributed by atoms with van der Waals surface area (Å²) >= 11 is 0.841. The van der Waals surface area contributed by atoms with E-state index in [2.05, 4.69) is 0 Å². The number of thiophene rings is 1. The van der Waals surface area contributed by atoms with Crippen LogP contribution in [0, 0.1) is 33.1 Å². The molecule has 1 aromatic carbocycles. The minimum absolute atomic E-state index is 0.119. The van der Waals surface area contributed by atoms with Crippen LogP contribution in [0.1, 0.15) is 4.88 Å². The molecule has 0 unspecified atom stereocenters. The summed E-state index contributed by atoms with van der Waals surface area (Å²) in [5.74, 6) is -2.09. The van der Waals surface area contributed by atoms with E-state index in [1.54, 1.807) is 6.07 Å². The lowest BCUT2D eigenvalue weighted by molar-refractivity contribution is -0.387. The number of anilines is 1. The van der Waals surface area contributed by atoms with E-state index in [4.69, 9.17) is 11.0 Å². The molecule has 0 amide bonds. The number of nitro benzene ring substituents is 1. The van der Waals surface area contributed by atoms with Crippen molar-refractivity contribution in [3.63, 3.8) is 0 Å². The molecule has 19 heavy (non-hydrogen) atoms. The second kappa shape index (κ2) is 4.62. The molecule has 8 heteroatoms. The average molecular weight is 281 g/mol. The first-order chi connectivity index (χ1) is 8.93. The van der Waals surface area contributed by atoms with E-state index in [1.165, 1.54) is 6.07 Å². The van der Waals surface area contributed by atoms with Crippen molar-refractivity contribution in [2.45, 2.75) is 0 Å². The van der Waals surface area contributed by atoms with Crippen molar-refractivity contribution in [1.29, 1.82) is 5.26 Å². The molecule has 2 aromatic rings. The fourth-order valence-corrected chi connectivity index (χ4v) is 2.40. The van der Waals surface area contributed by atoms with Crippen LogP contribution >= 0.6 is 11.3 Å². The van der Waals surface area contributed by atoms with Gasteiger partial charge in [0.25, 0.3) is 0 Å². The minimum atomic E-state index is -1.16. The van der Waals surface area contributed by atoms with Gasteiger partial charge in [-0.3, -0.25) is 10.1 Å². The first kappa shape index (κ1) is 12.9. The number of hydrogen-bond donors (Lipinski definition) is 1. The van der Waals surface area contributed by atoms with E-state index in [1.807, 2.05) is 0 Å². The number of halogens is 2. The zero-order chi connectivity index (χ0) is 14.2. The van der Waals surface area contributed by atoms with Crippen molar-refractivity contribution in [2.24, 2.45) is 0 Å². The third kappa shape index (κ3) is 2.23. The van der Waals surface area contributed by atoms with Crippen molar-refractivity contribution >= 4 is 22.7 Å². The molecular weight excluding hydrogens is 276 g/mol. The molecule has 0 saturated carbocycles. The van der Waals surface area contributed by atoms with Gasteiger partial charge >= 0.3 is 5.69 Å². The zero-order valence-corrected chi connectivity index (χ0v) is 10.0. The number of nitrogens with two attached hydrogens (primary N) is 1. The van der Waals surface area contributed by atoms with Crippen LogP contribution in [0.5, 0.6) is 0 Å². The van der Waals surface area contributed by atoms with Crippen LogP contribution < -0.4 is 5.73 Å². The molecule has 0 atom stereocenters. The smallest absolute Gasteiger partial charge is 0.308 e. The summed E-state index contributed by atoms with van der Waals surface area (Å²) in [5.41, 5.74) is 4.39. The fraction of sp³-hybridized carbons (Fsp3) is 0. The van der Waals surface area contributed by atoms with Gasteiger partial charge in [-0.1, -0.05) is 0 Å². The predicted molar refractivity (Wildman–Crippen MR) is 65.5 cm³/mol. The van der Waals surface area contributed by atoms with Crippen LogP contribution in [0.4, 0.5) is 20.2 Å². The second-order valence-corrected chi connectivity index (χ2v) is 4.60. The van der Waals surface area contributed by atoms with E-state index >= 15 is 0 Å². The van der Waals surface area contributed by atoms with Gasteiger partial charge < -0.3 is 5.73 Å². The summed E-state index contributed by atoms with van der Waals surface area (Å²) < 4.78 is 27.2. The van der Waals surface area contributed by atoms with Crippen LogP contribution in [-0.4, -0.2) is 4.92 Å². The van der Waals surface area contributed by atoms with Gasteiger partial charge in [-0.25, -0.2) is 4.39 Å². The summed E-state index contributed by atoms with van der Waals surface area (Å²) in [5, 5.41) is 19.4. The molecule has 1 heterocycles. The highest BCUT2D eigenvalue weighted by Gasteiger charge is 2.22. The molecular formula is C11H5F2N3O2S. The predicted octanol–water partition coefficient (Wildman–Crippen LogP) is 3.06. The molecule has 96 valence electrons. The van der Waals surface area contributed by atoms with Crippen molar-refractivity contribution in [3.8, 4) is 16.5 Å². The number of nitrogens with zero attached hydrogens (tertiary/aromatic N) is 2. The van der Waals surface area contributed by atoms with Crippen LogP contribution in [-0.2, 0) is 0 Å². The molecule has 2 N–H and O–H groups in total. The summed E-state index contributed by atoms with van der Waals surface area (Å²) in [6.45, 7) is 0. The third-order valence-electron chi connectivity index (χ3n) is 2.34. The normalized spacial score (nSPS) is 10.2. The molecule has 0 fully saturated rings. The SMILES string of the molecule is N#Cc1sc(-c2cc(F)cc([N+](=O)[O-])c2F)cc1N. The Kier molecular flexibility index (Phi) is 3.14. The van der Waals surface area contributed by atoms with E-state index in [9.17, 15) is 18.9 Å². The Bertz CT molecular complexity index is 721. The number of nitrogen functional groups attached to an aromatic ring is 1. The summed E-state index contributed by atoms with van der Waals surface area (Å²) in [4.78, 5) is 9.90. The zero-order valence-electron chi connectivity index (χ0n) is 9.18. The van der Waals surface area contributed by atoms with Gasteiger partial charge in [0, 0.05) is 10.4 Å². The molecule has 0 aliphatic heterocycles. The summed E-state index contributed by atoms with van der Waals surface area (Å²) in [7, 11) is 0. The lowest BCUT2D eigenvalue weighted by Crippen LogP contribution is -1.96. The Morgan fingerprint density at radius 1 is 1.37 bits per heavy atom. The number of hydrogen-bond acceptors (Lipinski definition) is 5. The highest BCUT2D eigenvalue weighted by molar-refractivity contribution is 7.16. The number of nitro groups is 1. The van der Waals surface area contributed by atoms with Crippen molar-refractivity contribution in [3.05, 3.63) is 44.8 Å². The van der Waals surface area contributed by atoms with E-state index in [0.717, 1.165) is 17.4 Å². The lowest BCUT2D eigenvalue weighted by Gasteiger charge is -2.01. The topological polar surface area (TPSA) is 92.9 Å². The fourth-order valence-electron chi connectivity index (χ4n) is 1.51. The van der Waals surface area contributed by atoms with E-state index in [-0.39, 0.29) is 21.0 Å². The second-order valence-electron chi connectivity index (χ2n) is 3.55. The molecule has 0 bridgehead atoms. The van der Waals surface area contributed by atoms with Gasteiger partial charge in [-0.15, -0.1) is 11.3 Å². The Balaban J connectivity index is 2.68. The quantitative estimate of drug-likeness (QED) is 0.676. The largest absolute Gasteiger partial charge is 0.397 e. The molecule has 5 nitrogen and oxygen atoms in total. The van der Waals surface area contributed by atoms with Gasteiger partial charge in [0.05, 0.1) is 16.7 Å². The molecule has 0 aliphatic rings. The molecule has 0 aliphatic carbocycles. The summed E-state index contributed by atoms with van der Waals surface area (Å²) in [6, 6.07) is 4.41. The van der Waals surface area contributed by atoms with Crippen LogP contribution in [0.3, 0.4) is 0 Å². The monoisotopic (exact) mass is 281 g/mol. The minimum Gasteiger partial charge on any atom is -0.397 e. The van der Waals surface area contributed by atoms with E-state index < -0.39 is 22.2 Å². The van der Waals surface area contributed by atoms with Crippen molar-refractivity contribution in [1.82, 2.24) is 0 Å². The molecule has 2 rings (SSSR count). The first-order valence-corrected chi connectivity index (χ1v) is 5.69. The number of nitriles is 1. The maximum absolute atomic E-state index is 13.9. The van der Waals surface area contributed by atoms with Crippen LogP contribution in [0.2, 0.25) is 0 Å². The highest BCUT2D eigenvalue weighted by atomic mass is 32.1. The van der Waals surface area contributed by atoms with Gasteiger partial charge in [0.1, 0.15) is 16.8 Å². The Morgan fingerprint density at radius 2 is 2.05 bits per heavy atom. The summed E-state index contributed by atoms with van der Waals surface area (Å²) in [6.07, 6.45) is 0. The van der Waals surface area contributed by atoms with Gasteiger partial charge in [-0.05, 0) is 12.1 Å². The van der Waals surface area contributed by atoms with Crippen LogP contribution in [0.15, 0.2) is 18.2 Å². The third-order valence-corrected chi connectivity index (χ3v) is 3.43. The van der Waals surface area contributed by atoms with Crippen molar-refractivity contribution < 1.29 is 13.7 Å². The molecule has 0 spiro atoms. The standard InChI is InChI=1S/C11H5F2N3O2S/c12-5-1-6(11(13)8(2-5)16(17)18)9-3-7(15)10(4-14)19-9/h1-3H,15H2. The van der Waals surface area contributed by atoms with Gasteiger partial charge in [0.2, 0.25) is 5.82 Å². The Morgan fingerprint density at radius 3 is 2.58 bits per heavy atom. The maximum atomic E-state index is 13.9. The van der Waals surface area contributed by atoms with Crippen molar-refractivity contribution in [2.75, 3.05) is 5.73 Å². The Hall–Kier alpha value is -2.53. The highest BCUT2D eigenvalue weighted by Crippen LogP contribution is 2.37. The maximum Gasteiger partial charge on any atom is 0.308 e. The van der Waals surface area contributed by atoms with Gasteiger partial charge in [-0.2, -0.15) is 9.65 Å². The van der Waals surface area contributed by atoms with E-state index in [0.29, 0.717) is 6.07 Å². The van der Waals surface area contributed by atoms with Gasteiger partial charge in [0.15, 0.2) is 0 Å². The molecule has 1 aromatic heterocycles. The number of benzene rings is 1. The molecule has 0 saturated heterocycles. The van der Waals surface area contributed by atoms with Crippen LogP contribution in [0.25, 0.3) is 10.4 Å².